The highest BCUT2D eigenvalue weighted by Gasteiger charge is 2.28. The Hall–Kier alpha value is -2.63. The van der Waals surface area contributed by atoms with Crippen LogP contribution in [0.25, 0.3) is 11.1 Å². The summed E-state index contributed by atoms with van der Waals surface area (Å²) < 4.78 is 5.65. The molecule has 0 atom stereocenters. The Morgan fingerprint density at radius 3 is 2.90 bits per heavy atom. The maximum Gasteiger partial charge on any atom is 0.296 e. The molecule has 6 heteroatoms. The predicted molar refractivity (Wildman–Crippen MR) is 75.7 cm³/mol. The lowest BCUT2D eigenvalue weighted by Crippen LogP contribution is -2.55. The van der Waals surface area contributed by atoms with E-state index in [-0.39, 0.29) is 0 Å². The third kappa shape index (κ3) is 1.95. The van der Waals surface area contributed by atoms with Gasteiger partial charge >= 0.3 is 0 Å². The van der Waals surface area contributed by atoms with Crippen LogP contribution in [0.15, 0.2) is 47.3 Å². The van der Waals surface area contributed by atoms with E-state index in [4.69, 9.17) is 4.42 Å². The lowest BCUT2D eigenvalue weighted by molar-refractivity contribution is 0.516. The highest BCUT2D eigenvalue weighted by molar-refractivity contribution is 5.74. The molecule has 0 radical (unpaired) electrons. The van der Waals surface area contributed by atoms with Crippen LogP contribution in [-0.4, -0.2) is 34.1 Å². The Bertz CT molecular complexity index is 688. The molecule has 1 aromatic carbocycles. The van der Waals surface area contributed by atoms with Gasteiger partial charge in [0, 0.05) is 25.5 Å². The number of rotatable bonds is 3. The molecule has 1 saturated heterocycles. The Balaban J connectivity index is 1.42. The minimum Gasteiger partial charge on any atom is -0.424 e. The Labute approximate surface area is 115 Å². The second kappa shape index (κ2) is 4.48. The summed E-state index contributed by atoms with van der Waals surface area (Å²) in [6, 6.07) is 8.65. The van der Waals surface area contributed by atoms with E-state index >= 15 is 0 Å². The Morgan fingerprint density at radius 2 is 2.10 bits per heavy atom. The predicted octanol–water partition coefficient (Wildman–Crippen LogP) is 1.92. The second-order valence-electron chi connectivity index (χ2n) is 4.80. The second-order valence-corrected chi connectivity index (χ2v) is 4.80. The van der Waals surface area contributed by atoms with Crippen molar-refractivity contribution in [1.82, 2.24) is 15.0 Å². The summed E-state index contributed by atoms with van der Waals surface area (Å²) >= 11 is 0. The molecule has 0 saturated carbocycles. The fraction of sp³-hybridized carbons (Fsp3) is 0.214. The first kappa shape index (κ1) is 11.2. The van der Waals surface area contributed by atoms with Crippen molar-refractivity contribution in [3.8, 4) is 0 Å². The van der Waals surface area contributed by atoms with Crippen LogP contribution in [0.3, 0.4) is 0 Å². The van der Waals surface area contributed by atoms with Crippen molar-refractivity contribution in [2.24, 2.45) is 0 Å². The number of para-hydroxylation sites is 2. The van der Waals surface area contributed by atoms with Gasteiger partial charge in [0.05, 0.1) is 12.2 Å². The first-order chi connectivity index (χ1) is 9.88. The van der Waals surface area contributed by atoms with E-state index in [9.17, 15) is 0 Å². The number of benzene rings is 1. The summed E-state index contributed by atoms with van der Waals surface area (Å²) in [6.45, 7) is 1.74. The molecule has 3 heterocycles. The highest BCUT2D eigenvalue weighted by atomic mass is 16.4. The summed E-state index contributed by atoms with van der Waals surface area (Å²) in [5.74, 6) is 0.906. The molecular formula is C14H13N5O. The smallest absolute Gasteiger partial charge is 0.296 e. The molecule has 0 bridgehead atoms. The van der Waals surface area contributed by atoms with Crippen LogP contribution in [-0.2, 0) is 0 Å². The topological polar surface area (TPSA) is 67.1 Å². The van der Waals surface area contributed by atoms with E-state index in [1.165, 1.54) is 0 Å². The van der Waals surface area contributed by atoms with Crippen molar-refractivity contribution in [2.75, 3.05) is 23.3 Å². The van der Waals surface area contributed by atoms with E-state index < -0.39 is 0 Å². The first-order valence-electron chi connectivity index (χ1n) is 6.51. The first-order valence-corrected chi connectivity index (χ1v) is 6.51. The van der Waals surface area contributed by atoms with Gasteiger partial charge in [0.25, 0.3) is 6.01 Å². The number of nitrogens with zero attached hydrogens (tertiary/aromatic N) is 4. The van der Waals surface area contributed by atoms with Gasteiger partial charge in [-0.1, -0.05) is 12.1 Å². The van der Waals surface area contributed by atoms with E-state index in [1.807, 2.05) is 24.3 Å². The number of hydrogen-bond donors (Lipinski definition) is 1. The molecule has 100 valence electrons. The molecule has 0 spiro atoms. The normalized spacial score (nSPS) is 15.3. The van der Waals surface area contributed by atoms with Crippen molar-refractivity contribution in [1.29, 1.82) is 0 Å². The number of fused-ring (bicyclic) bond motifs is 1. The summed E-state index contributed by atoms with van der Waals surface area (Å²) in [5.41, 5.74) is 1.68. The Kier molecular flexibility index (Phi) is 2.51. The molecule has 1 aliphatic heterocycles. The molecule has 1 N–H and O–H groups in total. The van der Waals surface area contributed by atoms with Crippen LogP contribution >= 0.6 is 0 Å². The average Bonchev–Trinajstić information content (AvgIpc) is 2.86. The minimum atomic E-state index is 0.324. The lowest BCUT2D eigenvalue weighted by Gasteiger charge is -2.39. The standard InChI is InChI=1S/C14H13N5O/c1-2-4-12-11(3-1)18-14(20-12)17-10-8-19(9-10)13-7-15-5-6-16-13/h1-7,10H,8-9H2,(H,17,18). The van der Waals surface area contributed by atoms with Gasteiger partial charge in [0.1, 0.15) is 11.3 Å². The quantitative estimate of drug-likeness (QED) is 0.782. The number of nitrogens with one attached hydrogen (secondary N) is 1. The van der Waals surface area contributed by atoms with Crippen molar-refractivity contribution in [3.63, 3.8) is 0 Å². The molecule has 20 heavy (non-hydrogen) atoms. The fourth-order valence-corrected chi connectivity index (χ4v) is 2.32. The van der Waals surface area contributed by atoms with E-state index in [0.29, 0.717) is 12.1 Å². The molecular weight excluding hydrogens is 254 g/mol. The van der Waals surface area contributed by atoms with Gasteiger partial charge in [0.2, 0.25) is 0 Å². The zero-order valence-corrected chi connectivity index (χ0v) is 10.7. The zero-order chi connectivity index (χ0) is 13.4. The molecule has 2 aromatic heterocycles. The van der Waals surface area contributed by atoms with Gasteiger partial charge < -0.3 is 14.6 Å². The average molecular weight is 267 g/mol. The third-order valence-corrected chi connectivity index (χ3v) is 3.38. The third-order valence-electron chi connectivity index (χ3n) is 3.38. The maximum atomic E-state index is 5.65. The molecule has 6 nitrogen and oxygen atoms in total. The number of hydrogen-bond acceptors (Lipinski definition) is 6. The van der Waals surface area contributed by atoms with Gasteiger partial charge in [-0.15, -0.1) is 0 Å². The largest absolute Gasteiger partial charge is 0.424 e. The van der Waals surface area contributed by atoms with E-state index in [1.54, 1.807) is 18.6 Å². The lowest BCUT2D eigenvalue weighted by atomic mass is 10.1. The van der Waals surface area contributed by atoms with Crippen molar-refractivity contribution in [2.45, 2.75) is 6.04 Å². The van der Waals surface area contributed by atoms with Gasteiger partial charge in [0.15, 0.2) is 5.58 Å². The van der Waals surface area contributed by atoms with Crippen LogP contribution in [0.2, 0.25) is 0 Å². The maximum absolute atomic E-state index is 5.65. The summed E-state index contributed by atoms with van der Waals surface area (Å²) in [6.07, 6.45) is 5.16. The molecule has 1 aliphatic rings. The highest BCUT2D eigenvalue weighted by Crippen LogP contribution is 2.22. The van der Waals surface area contributed by atoms with E-state index in [0.717, 1.165) is 30.0 Å². The zero-order valence-electron chi connectivity index (χ0n) is 10.7. The van der Waals surface area contributed by atoms with Gasteiger partial charge in [-0.05, 0) is 12.1 Å². The van der Waals surface area contributed by atoms with Gasteiger partial charge in [-0.3, -0.25) is 4.98 Å². The fourth-order valence-electron chi connectivity index (χ4n) is 2.32. The van der Waals surface area contributed by atoms with Crippen LogP contribution in [0.4, 0.5) is 11.8 Å². The van der Waals surface area contributed by atoms with Crippen LogP contribution in [0, 0.1) is 0 Å². The molecule has 0 aliphatic carbocycles. The number of oxazole rings is 1. The van der Waals surface area contributed by atoms with Crippen molar-refractivity contribution in [3.05, 3.63) is 42.9 Å². The monoisotopic (exact) mass is 267 g/mol. The van der Waals surface area contributed by atoms with Gasteiger partial charge in [-0.2, -0.15) is 4.98 Å². The van der Waals surface area contributed by atoms with E-state index in [2.05, 4.69) is 25.2 Å². The van der Waals surface area contributed by atoms with Crippen LogP contribution in [0.1, 0.15) is 0 Å². The molecule has 0 amide bonds. The van der Waals surface area contributed by atoms with Crippen molar-refractivity contribution >= 4 is 22.9 Å². The summed E-state index contributed by atoms with van der Waals surface area (Å²) in [7, 11) is 0. The SMILES string of the molecule is c1ccc2oc(NC3CN(c4cnccn4)C3)nc2c1. The van der Waals surface area contributed by atoms with Crippen LogP contribution < -0.4 is 10.2 Å². The summed E-state index contributed by atoms with van der Waals surface area (Å²) in [4.78, 5) is 14.9. The molecule has 4 rings (SSSR count). The molecule has 1 fully saturated rings. The molecule has 0 unspecified atom stereocenters. The summed E-state index contributed by atoms with van der Waals surface area (Å²) in [5, 5.41) is 3.30. The van der Waals surface area contributed by atoms with Gasteiger partial charge in [-0.25, -0.2) is 4.98 Å². The van der Waals surface area contributed by atoms with Crippen LogP contribution in [0.5, 0.6) is 0 Å². The molecule has 3 aromatic rings. The number of aromatic nitrogens is 3. The minimum absolute atomic E-state index is 0.324. The number of anilines is 2. The Morgan fingerprint density at radius 1 is 1.20 bits per heavy atom. The van der Waals surface area contributed by atoms with Crippen molar-refractivity contribution < 1.29 is 4.42 Å².